The predicted octanol–water partition coefficient (Wildman–Crippen LogP) is 1.85. The first-order chi connectivity index (χ1) is 3.93. The number of benzene rings is 1. The van der Waals surface area contributed by atoms with Crippen molar-refractivity contribution in [3.8, 4) is 0 Å². The molecule has 0 saturated heterocycles. The van der Waals surface area contributed by atoms with Crippen LogP contribution in [0, 0.1) is 5.41 Å². The predicted molar refractivity (Wildman–Crippen MR) is 39.3 cm³/mol. The van der Waals surface area contributed by atoms with Crippen LogP contribution in [0.2, 0.25) is 0 Å². The van der Waals surface area contributed by atoms with Crippen molar-refractivity contribution in [3.05, 3.63) is 35.9 Å². The van der Waals surface area contributed by atoms with Gasteiger partial charge in [-0.05, 0) is 5.56 Å². The van der Waals surface area contributed by atoms with E-state index < -0.39 is 0 Å². The fraction of sp³-hybridized carbons (Fsp3) is 0. The zero-order valence-corrected chi connectivity index (χ0v) is 5.17. The maximum absolute atomic E-state index is 6.82. The molecule has 0 amide bonds. The van der Waals surface area contributed by atoms with Crippen molar-refractivity contribution < 1.29 is 0 Å². The highest BCUT2D eigenvalue weighted by Gasteiger charge is 1.77. The van der Waals surface area contributed by atoms with Gasteiger partial charge in [-0.2, -0.15) is 0 Å². The molecule has 0 heterocycles. The second kappa shape index (κ2) is 3.80. The van der Waals surface area contributed by atoms with Crippen molar-refractivity contribution in [2.24, 2.45) is 0 Å². The molecule has 0 unspecified atom stereocenters. The molecule has 0 fully saturated rings. The van der Waals surface area contributed by atoms with Gasteiger partial charge in [0, 0.05) is 6.21 Å². The summed E-state index contributed by atoms with van der Waals surface area (Å²) in [6.45, 7) is 0. The minimum Gasteiger partial charge on any atom is -0.344 e. The highest BCUT2D eigenvalue weighted by Crippen LogP contribution is 1.91. The van der Waals surface area contributed by atoms with Crippen LogP contribution in [0.3, 0.4) is 0 Å². The summed E-state index contributed by atoms with van der Waals surface area (Å²) in [5.41, 5.74) is 0.951. The maximum atomic E-state index is 6.82. The monoisotopic (exact) mass is 122 g/mol. The van der Waals surface area contributed by atoms with Gasteiger partial charge in [-0.1, -0.05) is 30.3 Å². The van der Waals surface area contributed by atoms with Crippen LogP contribution in [0.25, 0.3) is 0 Å². The van der Waals surface area contributed by atoms with Crippen LogP contribution in [0.4, 0.5) is 0 Å². The molecule has 1 aromatic rings. The molecule has 0 aliphatic carbocycles. The average Bonchev–Trinajstić information content (AvgIpc) is 1.90. The Balaban J connectivity index is 0.000000640. The Morgan fingerprint density at radius 1 is 1.11 bits per heavy atom. The number of hydrogen-bond acceptors (Lipinski definition) is 2. The molecular formula is C7H10N2. The van der Waals surface area contributed by atoms with Gasteiger partial charge in [-0.25, -0.2) is 0 Å². The maximum Gasteiger partial charge on any atom is 0.0250 e. The van der Waals surface area contributed by atoms with E-state index in [9.17, 15) is 0 Å². The average molecular weight is 122 g/mol. The molecule has 2 nitrogen and oxygen atoms in total. The number of hydrogen-bond donors (Lipinski definition) is 2. The van der Waals surface area contributed by atoms with E-state index in [1.54, 1.807) is 0 Å². The molecule has 0 saturated carbocycles. The summed E-state index contributed by atoms with van der Waals surface area (Å²) < 4.78 is 0. The molecule has 0 bridgehead atoms. The summed E-state index contributed by atoms with van der Waals surface area (Å²) in [6.07, 6.45) is 1.33. The standard InChI is InChI=1S/C7H7N.H3N/c8-6-7-4-2-1-3-5-7;/h1-6,8H;1H3. The van der Waals surface area contributed by atoms with Gasteiger partial charge in [0.2, 0.25) is 0 Å². The van der Waals surface area contributed by atoms with Crippen LogP contribution in [0.5, 0.6) is 0 Å². The lowest BCUT2D eigenvalue weighted by Crippen LogP contribution is -1.73. The second-order valence-electron chi connectivity index (χ2n) is 1.56. The van der Waals surface area contributed by atoms with Crippen molar-refractivity contribution in [1.29, 1.82) is 5.41 Å². The molecule has 0 aliphatic rings. The lowest BCUT2D eigenvalue weighted by Gasteiger charge is -1.84. The van der Waals surface area contributed by atoms with Gasteiger partial charge in [-0.15, -0.1) is 0 Å². The zero-order chi connectivity index (χ0) is 5.82. The highest BCUT2D eigenvalue weighted by molar-refractivity contribution is 5.76. The van der Waals surface area contributed by atoms with Gasteiger partial charge in [0.25, 0.3) is 0 Å². The van der Waals surface area contributed by atoms with Gasteiger partial charge in [0.1, 0.15) is 0 Å². The molecule has 9 heavy (non-hydrogen) atoms. The summed E-state index contributed by atoms with van der Waals surface area (Å²) in [4.78, 5) is 0. The zero-order valence-electron chi connectivity index (χ0n) is 5.17. The summed E-state index contributed by atoms with van der Waals surface area (Å²) >= 11 is 0. The number of rotatable bonds is 1. The summed E-state index contributed by atoms with van der Waals surface area (Å²) in [5, 5.41) is 6.82. The Kier molecular flexibility index (Phi) is 3.32. The quantitative estimate of drug-likeness (QED) is 0.548. The first-order valence-corrected chi connectivity index (χ1v) is 2.49. The summed E-state index contributed by atoms with van der Waals surface area (Å²) in [5.74, 6) is 0. The molecule has 48 valence electrons. The van der Waals surface area contributed by atoms with Gasteiger partial charge in [0.15, 0.2) is 0 Å². The SMILES string of the molecule is N.N=Cc1ccccc1. The van der Waals surface area contributed by atoms with Crippen LogP contribution >= 0.6 is 0 Å². The Bertz CT molecular complexity index is 170. The smallest absolute Gasteiger partial charge is 0.0250 e. The lowest BCUT2D eigenvalue weighted by atomic mass is 10.2. The molecule has 1 rings (SSSR count). The van der Waals surface area contributed by atoms with Crippen molar-refractivity contribution >= 4 is 6.21 Å². The molecular weight excluding hydrogens is 112 g/mol. The van der Waals surface area contributed by atoms with Crippen LogP contribution in [0.1, 0.15) is 5.56 Å². The van der Waals surface area contributed by atoms with E-state index in [0.717, 1.165) is 5.56 Å². The normalized spacial score (nSPS) is 7.56. The number of nitrogens with one attached hydrogen (secondary N) is 1. The third-order valence-corrected chi connectivity index (χ3v) is 0.966. The fourth-order valence-electron chi connectivity index (χ4n) is 0.549. The third-order valence-electron chi connectivity index (χ3n) is 0.966. The van der Waals surface area contributed by atoms with E-state index >= 15 is 0 Å². The molecule has 0 atom stereocenters. The highest BCUT2D eigenvalue weighted by atomic mass is 14.3. The first kappa shape index (κ1) is 7.85. The van der Waals surface area contributed by atoms with Gasteiger partial charge >= 0.3 is 0 Å². The summed E-state index contributed by atoms with van der Waals surface area (Å²) in [7, 11) is 0. The van der Waals surface area contributed by atoms with Crippen LogP contribution in [0.15, 0.2) is 30.3 Å². The molecule has 0 spiro atoms. The summed E-state index contributed by atoms with van der Waals surface area (Å²) in [6, 6.07) is 9.56. The minimum absolute atomic E-state index is 0. The van der Waals surface area contributed by atoms with E-state index in [2.05, 4.69) is 0 Å². The fourth-order valence-corrected chi connectivity index (χ4v) is 0.549. The molecule has 0 aliphatic heterocycles. The Labute approximate surface area is 54.6 Å². The molecule has 4 N–H and O–H groups in total. The molecule has 2 heteroatoms. The van der Waals surface area contributed by atoms with Crippen molar-refractivity contribution in [1.82, 2.24) is 6.15 Å². The van der Waals surface area contributed by atoms with E-state index in [1.165, 1.54) is 6.21 Å². The van der Waals surface area contributed by atoms with E-state index in [0.29, 0.717) is 0 Å². The third kappa shape index (κ3) is 2.06. The first-order valence-electron chi connectivity index (χ1n) is 2.49. The largest absolute Gasteiger partial charge is 0.344 e. The lowest BCUT2D eigenvalue weighted by molar-refractivity contribution is 1.54. The van der Waals surface area contributed by atoms with E-state index in [1.807, 2.05) is 30.3 Å². The second-order valence-corrected chi connectivity index (χ2v) is 1.56. The minimum atomic E-state index is 0. The van der Waals surface area contributed by atoms with Crippen LogP contribution in [-0.2, 0) is 0 Å². The van der Waals surface area contributed by atoms with E-state index in [4.69, 9.17) is 5.41 Å². The Morgan fingerprint density at radius 3 is 2.00 bits per heavy atom. The topological polar surface area (TPSA) is 58.9 Å². The molecule has 0 radical (unpaired) electrons. The Morgan fingerprint density at radius 2 is 1.67 bits per heavy atom. The van der Waals surface area contributed by atoms with Gasteiger partial charge in [-0.3, -0.25) is 0 Å². The van der Waals surface area contributed by atoms with Gasteiger partial charge < -0.3 is 11.6 Å². The van der Waals surface area contributed by atoms with Crippen molar-refractivity contribution in [2.45, 2.75) is 0 Å². The van der Waals surface area contributed by atoms with Crippen molar-refractivity contribution in [3.63, 3.8) is 0 Å². The van der Waals surface area contributed by atoms with Crippen LogP contribution < -0.4 is 6.15 Å². The van der Waals surface area contributed by atoms with Crippen molar-refractivity contribution in [2.75, 3.05) is 0 Å². The Hall–Kier alpha value is -1.15. The van der Waals surface area contributed by atoms with Gasteiger partial charge in [0.05, 0.1) is 0 Å². The van der Waals surface area contributed by atoms with Crippen LogP contribution in [-0.4, -0.2) is 6.21 Å². The van der Waals surface area contributed by atoms with E-state index in [-0.39, 0.29) is 6.15 Å². The molecule has 1 aromatic carbocycles. The molecule has 0 aromatic heterocycles.